The smallest absolute Gasteiger partial charge is 0.130 e. The molecule has 0 rings (SSSR count). The summed E-state index contributed by atoms with van der Waals surface area (Å²) in [5.74, 6) is -0.389. The predicted octanol–water partition coefficient (Wildman–Crippen LogP) is 4.64. The molecule has 2 heteroatoms. The van der Waals surface area contributed by atoms with E-state index >= 15 is 0 Å². The van der Waals surface area contributed by atoms with Crippen LogP contribution in [0, 0.1) is 5.92 Å². The molecule has 0 atom stereocenters. The lowest BCUT2D eigenvalue weighted by Gasteiger charge is -2.00. The van der Waals surface area contributed by atoms with Crippen molar-refractivity contribution in [3.8, 4) is 0 Å². The van der Waals surface area contributed by atoms with Crippen molar-refractivity contribution in [1.82, 2.24) is 0 Å². The van der Waals surface area contributed by atoms with E-state index in [1.807, 2.05) is 6.08 Å². The monoisotopic (exact) mass is 264 g/mol. The summed E-state index contributed by atoms with van der Waals surface area (Å²) >= 11 is 0. The van der Waals surface area contributed by atoms with Crippen LogP contribution < -0.4 is 0 Å². The van der Waals surface area contributed by atoms with Gasteiger partial charge in [-0.2, -0.15) is 0 Å². The molecule has 0 spiro atoms. The molecule has 0 amide bonds. The van der Waals surface area contributed by atoms with Gasteiger partial charge in [0.15, 0.2) is 0 Å². The number of unbranched alkanes of at least 4 members (excludes halogenated alkanes) is 7. The zero-order valence-corrected chi connectivity index (χ0v) is 12.1. The molecule has 0 saturated carbocycles. The summed E-state index contributed by atoms with van der Waals surface area (Å²) in [5, 5.41) is 0. The van der Waals surface area contributed by atoms with E-state index < -0.39 is 0 Å². The Morgan fingerprint density at radius 2 is 1.26 bits per heavy atom. The maximum absolute atomic E-state index is 10.4. The van der Waals surface area contributed by atoms with Gasteiger partial charge in [0, 0.05) is 0 Å². The van der Waals surface area contributed by atoms with Crippen LogP contribution in [0.15, 0.2) is 24.8 Å². The highest BCUT2D eigenvalue weighted by atomic mass is 16.1. The van der Waals surface area contributed by atoms with E-state index in [4.69, 9.17) is 0 Å². The summed E-state index contributed by atoms with van der Waals surface area (Å²) in [6.07, 6.45) is 19.2. The number of hydrogen-bond acceptors (Lipinski definition) is 2. The summed E-state index contributed by atoms with van der Waals surface area (Å²) in [5.41, 5.74) is 0. The lowest BCUT2D eigenvalue weighted by Crippen LogP contribution is -2.02. The third-order valence-electron chi connectivity index (χ3n) is 3.20. The normalized spacial score (nSPS) is 11.0. The number of carbonyl (C=O) groups excluding carboxylic acids is 2. The average molecular weight is 264 g/mol. The quantitative estimate of drug-likeness (QED) is 0.198. The zero-order valence-electron chi connectivity index (χ0n) is 12.1. The largest absolute Gasteiger partial charge is 0.303 e. The van der Waals surface area contributed by atoms with Gasteiger partial charge in [0.2, 0.25) is 0 Å². The summed E-state index contributed by atoms with van der Waals surface area (Å²) in [6, 6.07) is 0. The van der Waals surface area contributed by atoms with Crippen molar-refractivity contribution in [2.24, 2.45) is 5.92 Å². The van der Waals surface area contributed by atoms with Crippen molar-refractivity contribution in [1.29, 1.82) is 0 Å². The van der Waals surface area contributed by atoms with Crippen LogP contribution in [-0.2, 0) is 9.59 Å². The van der Waals surface area contributed by atoms with E-state index in [1.54, 1.807) is 0 Å². The summed E-state index contributed by atoms with van der Waals surface area (Å²) in [7, 11) is 0. The maximum Gasteiger partial charge on any atom is 0.130 e. The summed E-state index contributed by atoms with van der Waals surface area (Å²) in [6.45, 7) is 3.72. The van der Waals surface area contributed by atoms with E-state index in [0.717, 1.165) is 38.3 Å². The molecule has 0 aliphatic rings. The van der Waals surface area contributed by atoms with Crippen LogP contribution in [0.5, 0.6) is 0 Å². The molecular formula is C17H28O2. The predicted molar refractivity (Wildman–Crippen MR) is 81.1 cm³/mol. The van der Waals surface area contributed by atoms with Gasteiger partial charge in [-0.1, -0.05) is 37.5 Å². The number of rotatable bonds is 14. The molecule has 0 aromatic carbocycles. The molecule has 0 bridgehead atoms. The van der Waals surface area contributed by atoms with Gasteiger partial charge in [0.05, 0.1) is 5.92 Å². The highest BCUT2D eigenvalue weighted by Gasteiger charge is 2.03. The first-order valence-corrected chi connectivity index (χ1v) is 7.51. The second-order valence-corrected chi connectivity index (χ2v) is 4.97. The third kappa shape index (κ3) is 13.1. The molecule has 0 unspecified atom stereocenters. The fourth-order valence-electron chi connectivity index (χ4n) is 1.95. The van der Waals surface area contributed by atoms with E-state index in [1.165, 1.54) is 32.1 Å². The standard InChI is InChI=1S/C17H28O2/c1-2-3-4-5-6-7-8-9-10-11-12-13-14-17(15-18)16-19/h2,9-10,15-17H,1,3-8,11-14H2/b10-9-. The molecule has 0 aromatic heterocycles. The number of hydrogen-bond donors (Lipinski definition) is 0. The maximum atomic E-state index is 10.4. The number of allylic oxidation sites excluding steroid dienone is 3. The van der Waals surface area contributed by atoms with Crippen LogP contribution in [-0.4, -0.2) is 12.6 Å². The molecule has 0 fully saturated rings. The van der Waals surface area contributed by atoms with Crippen LogP contribution in [0.25, 0.3) is 0 Å². The van der Waals surface area contributed by atoms with Crippen molar-refractivity contribution < 1.29 is 9.59 Å². The first kappa shape index (κ1) is 17.8. The van der Waals surface area contributed by atoms with Crippen molar-refractivity contribution in [2.75, 3.05) is 0 Å². The van der Waals surface area contributed by atoms with Crippen LogP contribution in [0.3, 0.4) is 0 Å². The van der Waals surface area contributed by atoms with Crippen LogP contribution in [0.2, 0.25) is 0 Å². The van der Waals surface area contributed by atoms with Gasteiger partial charge >= 0.3 is 0 Å². The second kappa shape index (κ2) is 14.9. The van der Waals surface area contributed by atoms with Crippen LogP contribution in [0.4, 0.5) is 0 Å². The highest BCUT2D eigenvalue weighted by Crippen LogP contribution is 2.08. The average Bonchev–Trinajstić information content (AvgIpc) is 2.44. The topological polar surface area (TPSA) is 34.1 Å². The van der Waals surface area contributed by atoms with Crippen LogP contribution in [0.1, 0.15) is 64.2 Å². The lowest BCUT2D eigenvalue weighted by atomic mass is 10.0. The molecule has 0 aliphatic heterocycles. The van der Waals surface area contributed by atoms with Gasteiger partial charge in [0.25, 0.3) is 0 Å². The number of carbonyl (C=O) groups is 2. The van der Waals surface area contributed by atoms with Crippen molar-refractivity contribution in [2.45, 2.75) is 64.2 Å². The minimum Gasteiger partial charge on any atom is -0.303 e. The fourth-order valence-corrected chi connectivity index (χ4v) is 1.95. The highest BCUT2D eigenvalue weighted by molar-refractivity contribution is 5.77. The minimum absolute atomic E-state index is 0.389. The molecule has 0 aliphatic carbocycles. The van der Waals surface area contributed by atoms with Crippen molar-refractivity contribution >= 4 is 12.6 Å². The summed E-state index contributed by atoms with van der Waals surface area (Å²) < 4.78 is 0. The molecule has 0 saturated heterocycles. The number of aldehydes is 2. The van der Waals surface area contributed by atoms with E-state index in [-0.39, 0.29) is 5.92 Å². The van der Waals surface area contributed by atoms with Gasteiger partial charge in [-0.05, 0) is 44.9 Å². The molecular weight excluding hydrogens is 236 g/mol. The molecule has 0 aromatic rings. The molecule has 2 nitrogen and oxygen atoms in total. The van der Waals surface area contributed by atoms with Gasteiger partial charge < -0.3 is 9.59 Å². The Bertz CT molecular complexity index is 248. The van der Waals surface area contributed by atoms with Crippen LogP contribution >= 0.6 is 0 Å². The molecule has 19 heavy (non-hydrogen) atoms. The first-order valence-electron chi connectivity index (χ1n) is 7.51. The first-order chi connectivity index (χ1) is 9.35. The molecule has 0 heterocycles. The van der Waals surface area contributed by atoms with Gasteiger partial charge in [-0.15, -0.1) is 6.58 Å². The lowest BCUT2D eigenvalue weighted by molar-refractivity contribution is -0.119. The third-order valence-corrected chi connectivity index (χ3v) is 3.20. The second-order valence-electron chi connectivity index (χ2n) is 4.97. The van der Waals surface area contributed by atoms with Gasteiger partial charge in [-0.25, -0.2) is 0 Å². The van der Waals surface area contributed by atoms with Gasteiger partial charge in [0.1, 0.15) is 12.6 Å². The van der Waals surface area contributed by atoms with E-state index in [0.29, 0.717) is 6.42 Å². The molecule has 108 valence electrons. The SMILES string of the molecule is C=CCCCCCC/C=C\CCCCC(C=O)C=O. The van der Waals surface area contributed by atoms with E-state index in [9.17, 15) is 9.59 Å². The Labute approximate surface area is 118 Å². The Hall–Kier alpha value is -1.18. The van der Waals surface area contributed by atoms with Crippen molar-refractivity contribution in [3.63, 3.8) is 0 Å². The Kier molecular flexibility index (Phi) is 14.0. The van der Waals surface area contributed by atoms with Gasteiger partial charge in [-0.3, -0.25) is 0 Å². The Morgan fingerprint density at radius 3 is 1.79 bits per heavy atom. The Morgan fingerprint density at radius 1 is 0.737 bits per heavy atom. The summed E-state index contributed by atoms with van der Waals surface area (Å²) in [4.78, 5) is 20.8. The molecule has 0 radical (unpaired) electrons. The van der Waals surface area contributed by atoms with Crippen molar-refractivity contribution in [3.05, 3.63) is 24.8 Å². The molecule has 0 N–H and O–H groups in total. The minimum atomic E-state index is -0.389. The fraction of sp³-hybridized carbons (Fsp3) is 0.647. The Balaban J connectivity index is 3.23. The van der Waals surface area contributed by atoms with E-state index in [2.05, 4.69) is 18.7 Å². The zero-order chi connectivity index (χ0) is 14.2.